The fraction of sp³-hybridized carbons (Fsp3) is 0.364. The lowest BCUT2D eigenvalue weighted by molar-refractivity contribution is 0.328. The first kappa shape index (κ1) is 11.3. The highest BCUT2D eigenvalue weighted by atomic mass is 16.5. The van der Waals surface area contributed by atoms with Crippen molar-refractivity contribution in [1.82, 2.24) is 0 Å². The number of isocyanates is 1. The second-order valence-corrected chi connectivity index (χ2v) is 3.21. The van der Waals surface area contributed by atoms with E-state index in [2.05, 4.69) is 4.99 Å². The Hall–Kier alpha value is -1.80. The third kappa shape index (κ3) is 3.83. The van der Waals surface area contributed by atoms with Crippen molar-refractivity contribution >= 4 is 11.8 Å². The van der Waals surface area contributed by atoms with Gasteiger partial charge in [-0.05, 0) is 12.1 Å². The molecule has 0 saturated carbocycles. The summed E-state index contributed by atoms with van der Waals surface area (Å²) in [5.74, 6) is 0.780. The lowest BCUT2D eigenvalue weighted by Gasteiger charge is -2.13. The number of carbonyl (C=O) groups excluding carboxylic acids is 1. The minimum Gasteiger partial charge on any atom is -0.492 e. The molecular formula is C11H14N2O2. The van der Waals surface area contributed by atoms with Crippen molar-refractivity contribution in [3.05, 3.63) is 24.3 Å². The molecule has 0 heterocycles. The average molecular weight is 206 g/mol. The van der Waals surface area contributed by atoms with Crippen molar-refractivity contribution in [2.45, 2.75) is 0 Å². The molecule has 0 aromatic heterocycles. The summed E-state index contributed by atoms with van der Waals surface area (Å²) in [6.45, 7) is 0.738. The van der Waals surface area contributed by atoms with Gasteiger partial charge in [0.05, 0.1) is 6.54 Å². The second kappa shape index (κ2) is 5.83. The number of nitrogens with zero attached hydrogens (tertiary/aromatic N) is 2. The summed E-state index contributed by atoms with van der Waals surface area (Å²) >= 11 is 0. The predicted molar refractivity (Wildman–Crippen MR) is 59.3 cm³/mol. The lowest BCUT2D eigenvalue weighted by atomic mass is 10.3. The number of aliphatic imine (C=N–C) groups is 1. The summed E-state index contributed by atoms with van der Waals surface area (Å²) in [5.41, 5.74) is 1.08. The van der Waals surface area contributed by atoms with Gasteiger partial charge in [-0.3, -0.25) is 0 Å². The molecule has 0 aliphatic heterocycles. The molecule has 4 heteroatoms. The molecular weight excluding hydrogens is 192 g/mol. The third-order valence-corrected chi connectivity index (χ3v) is 1.87. The van der Waals surface area contributed by atoms with E-state index in [1.54, 1.807) is 0 Å². The van der Waals surface area contributed by atoms with Crippen molar-refractivity contribution in [1.29, 1.82) is 0 Å². The summed E-state index contributed by atoms with van der Waals surface area (Å²) < 4.78 is 5.40. The predicted octanol–water partition coefficient (Wildman–Crippen LogP) is 1.47. The molecule has 0 saturated heterocycles. The Morgan fingerprint density at radius 3 is 2.93 bits per heavy atom. The van der Waals surface area contributed by atoms with Gasteiger partial charge in [0.1, 0.15) is 12.4 Å². The first-order valence-electron chi connectivity index (χ1n) is 4.68. The van der Waals surface area contributed by atoms with Crippen LogP contribution in [0.25, 0.3) is 0 Å². The Balaban J connectivity index is 2.54. The number of rotatable bonds is 5. The second-order valence-electron chi connectivity index (χ2n) is 3.21. The molecule has 1 aromatic carbocycles. The van der Waals surface area contributed by atoms with Gasteiger partial charge in [-0.15, -0.1) is 0 Å². The molecule has 0 unspecified atom stereocenters. The van der Waals surface area contributed by atoms with Crippen molar-refractivity contribution in [2.75, 3.05) is 32.1 Å². The number of ether oxygens (including phenoxy) is 1. The van der Waals surface area contributed by atoms with Gasteiger partial charge in [-0.2, -0.15) is 0 Å². The van der Waals surface area contributed by atoms with E-state index < -0.39 is 0 Å². The quantitative estimate of drug-likeness (QED) is 0.416. The van der Waals surface area contributed by atoms with Crippen LogP contribution >= 0.6 is 0 Å². The van der Waals surface area contributed by atoms with Crippen LogP contribution in [0, 0.1) is 0 Å². The molecule has 0 spiro atoms. The first-order valence-corrected chi connectivity index (χ1v) is 4.68. The van der Waals surface area contributed by atoms with Crippen molar-refractivity contribution in [2.24, 2.45) is 4.99 Å². The number of anilines is 1. The summed E-state index contributed by atoms with van der Waals surface area (Å²) in [6, 6.07) is 7.73. The number of benzene rings is 1. The van der Waals surface area contributed by atoms with Crippen LogP contribution in [0.5, 0.6) is 5.75 Å². The molecule has 15 heavy (non-hydrogen) atoms. The van der Waals surface area contributed by atoms with Crippen LogP contribution in [0.3, 0.4) is 0 Å². The zero-order valence-electron chi connectivity index (χ0n) is 8.93. The number of hydrogen-bond donors (Lipinski definition) is 0. The summed E-state index contributed by atoms with van der Waals surface area (Å²) in [7, 11) is 3.94. The van der Waals surface area contributed by atoms with E-state index in [9.17, 15) is 4.79 Å². The van der Waals surface area contributed by atoms with E-state index in [0.29, 0.717) is 13.2 Å². The van der Waals surface area contributed by atoms with E-state index >= 15 is 0 Å². The Bertz CT molecular complexity index is 357. The maximum Gasteiger partial charge on any atom is 0.235 e. The molecule has 0 aliphatic carbocycles. The van der Waals surface area contributed by atoms with Crippen LogP contribution in [0.1, 0.15) is 0 Å². The van der Waals surface area contributed by atoms with Crippen LogP contribution in [0.2, 0.25) is 0 Å². The SMILES string of the molecule is CN(C)c1cccc(OCCN=C=O)c1. The fourth-order valence-electron chi connectivity index (χ4n) is 1.11. The van der Waals surface area contributed by atoms with Gasteiger partial charge in [0.15, 0.2) is 0 Å². The largest absolute Gasteiger partial charge is 0.492 e. The normalized spacial score (nSPS) is 9.20. The first-order chi connectivity index (χ1) is 7.24. The van der Waals surface area contributed by atoms with Crippen LogP contribution in [-0.4, -0.2) is 33.3 Å². The fourth-order valence-corrected chi connectivity index (χ4v) is 1.11. The Labute approximate surface area is 89.2 Å². The molecule has 0 bridgehead atoms. The zero-order valence-corrected chi connectivity index (χ0v) is 8.93. The van der Waals surface area contributed by atoms with Gasteiger partial charge >= 0.3 is 0 Å². The Morgan fingerprint density at radius 1 is 1.47 bits per heavy atom. The molecule has 1 rings (SSSR count). The molecule has 4 nitrogen and oxygen atoms in total. The van der Waals surface area contributed by atoms with E-state index in [1.165, 1.54) is 6.08 Å². The Kier molecular flexibility index (Phi) is 4.38. The molecule has 0 aliphatic rings. The monoisotopic (exact) mass is 206 g/mol. The van der Waals surface area contributed by atoms with Gasteiger partial charge < -0.3 is 9.64 Å². The minimum atomic E-state index is 0.343. The summed E-state index contributed by atoms with van der Waals surface area (Å²) in [6.07, 6.45) is 1.47. The molecule has 0 amide bonds. The standard InChI is InChI=1S/C11H14N2O2/c1-13(2)10-4-3-5-11(8-10)15-7-6-12-9-14/h3-5,8H,6-7H2,1-2H3. The van der Waals surface area contributed by atoms with E-state index in [0.717, 1.165) is 11.4 Å². The van der Waals surface area contributed by atoms with Crippen molar-refractivity contribution in [3.8, 4) is 5.75 Å². The lowest BCUT2D eigenvalue weighted by Crippen LogP contribution is -2.08. The maximum atomic E-state index is 9.81. The highest BCUT2D eigenvalue weighted by Gasteiger charge is 1.97. The third-order valence-electron chi connectivity index (χ3n) is 1.87. The summed E-state index contributed by atoms with van der Waals surface area (Å²) in [4.78, 5) is 15.2. The van der Waals surface area contributed by atoms with Crippen LogP contribution in [-0.2, 0) is 4.79 Å². The molecule has 0 atom stereocenters. The van der Waals surface area contributed by atoms with E-state index in [-0.39, 0.29) is 0 Å². The van der Waals surface area contributed by atoms with Gasteiger partial charge in [-0.1, -0.05) is 6.07 Å². The van der Waals surface area contributed by atoms with Gasteiger partial charge in [0.25, 0.3) is 0 Å². The van der Waals surface area contributed by atoms with Crippen LogP contribution in [0.4, 0.5) is 5.69 Å². The summed E-state index contributed by atoms with van der Waals surface area (Å²) in [5, 5.41) is 0. The Morgan fingerprint density at radius 2 is 2.27 bits per heavy atom. The van der Waals surface area contributed by atoms with Gasteiger partial charge in [0, 0.05) is 25.8 Å². The molecule has 0 radical (unpaired) electrons. The van der Waals surface area contributed by atoms with Crippen LogP contribution < -0.4 is 9.64 Å². The van der Waals surface area contributed by atoms with E-state index in [4.69, 9.17) is 4.74 Å². The minimum absolute atomic E-state index is 0.343. The average Bonchev–Trinajstić information content (AvgIpc) is 2.25. The number of hydrogen-bond acceptors (Lipinski definition) is 4. The maximum absolute atomic E-state index is 9.81. The van der Waals surface area contributed by atoms with Crippen LogP contribution in [0.15, 0.2) is 29.3 Å². The topological polar surface area (TPSA) is 41.9 Å². The molecule has 1 aromatic rings. The molecule has 0 fully saturated rings. The van der Waals surface area contributed by atoms with Gasteiger partial charge in [-0.25, -0.2) is 9.79 Å². The van der Waals surface area contributed by atoms with Crippen molar-refractivity contribution < 1.29 is 9.53 Å². The zero-order chi connectivity index (χ0) is 11.1. The highest BCUT2D eigenvalue weighted by molar-refractivity contribution is 5.49. The van der Waals surface area contributed by atoms with Gasteiger partial charge in [0.2, 0.25) is 6.08 Å². The van der Waals surface area contributed by atoms with E-state index in [1.807, 2.05) is 43.3 Å². The van der Waals surface area contributed by atoms with Crippen molar-refractivity contribution in [3.63, 3.8) is 0 Å². The molecule has 0 N–H and O–H groups in total. The smallest absolute Gasteiger partial charge is 0.235 e. The molecule has 80 valence electrons. The highest BCUT2D eigenvalue weighted by Crippen LogP contribution is 2.18.